The van der Waals surface area contributed by atoms with Gasteiger partial charge in [-0.15, -0.1) is 0 Å². The molecule has 0 saturated carbocycles. The topological polar surface area (TPSA) is 40.5 Å². The summed E-state index contributed by atoms with van der Waals surface area (Å²) in [7, 11) is 0. The number of hydrogen-bond acceptors (Lipinski definition) is 2. The molecule has 1 aliphatic rings. The third-order valence-electron chi connectivity index (χ3n) is 4.00. The lowest BCUT2D eigenvalue weighted by Crippen LogP contribution is -2.36. The lowest BCUT2D eigenvalue weighted by atomic mass is 9.96. The minimum Gasteiger partial charge on any atom is -0.391 e. The molecule has 0 aliphatic carbocycles. The van der Waals surface area contributed by atoms with Crippen LogP contribution in [0.1, 0.15) is 42.6 Å². The summed E-state index contributed by atoms with van der Waals surface area (Å²) in [5, 5.41) is 10.2. The van der Waals surface area contributed by atoms with Crippen LogP contribution < -0.4 is 0 Å². The van der Waals surface area contributed by atoms with Crippen LogP contribution >= 0.6 is 0 Å². The smallest absolute Gasteiger partial charge is 0.259 e. The maximum atomic E-state index is 12.3. The minimum absolute atomic E-state index is 0.0504. The SMILES string of the molecule is C=C1c2ccccc2C(=O)N1CC(O)C(CC)CC. The summed E-state index contributed by atoms with van der Waals surface area (Å²) in [6, 6.07) is 7.47. The minimum atomic E-state index is -0.495. The third kappa shape index (κ3) is 2.43. The van der Waals surface area contributed by atoms with Gasteiger partial charge in [-0.2, -0.15) is 0 Å². The first-order valence-electron chi connectivity index (χ1n) is 6.88. The number of benzene rings is 1. The van der Waals surface area contributed by atoms with E-state index in [1.165, 1.54) is 0 Å². The summed E-state index contributed by atoms with van der Waals surface area (Å²) in [5.41, 5.74) is 2.26. The normalized spacial score (nSPS) is 16.1. The van der Waals surface area contributed by atoms with Crippen molar-refractivity contribution in [3.05, 3.63) is 42.0 Å². The molecule has 1 aliphatic heterocycles. The predicted molar refractivity (Wildman–Crippen MR) is 76.6 cm³/mol. The quantitative estimate of drug-likeness (QED) is 0.883. The fourth-order valence-corrected chi connectivity index (χ4v) is 2.70. The van der Waals surface area contributed by atoms with Crippen molar-refractivity contribution in [2.45, 2.75) is 32.8 Å². The van der Waals surface area contributed by atoms with E-state index in [1.54, 1.807) is 4.90 Å². The van der Waals surface area contributed by atoms with Crippen molar-refractivity contribution in [3.8, 4) is 0 Å². The van der Waals surface area contributed by atoms with Gasteiger partial charge in [0.2, 0.25) is 0 Å². The van der Waals surface area contributed by atoms with Crippen LogP contribution in [0.4, 0.5) is 0 Å². The zero-order valence-electron chi connectivity index (χ0n) is 11.6. The number of nitrogens with zero attached hydrogens (tertiary/aromatic N) is 1. The second-order valence-electron chi connectivity index (χ2n) is 5.05. The first-order valence-corrected chi connectivity index (χ1v) is 6.88. The van der Waals surface area contributed by atoms with Gasteiger partial charge in [-0.1, -0.05) is 51.5 Å². The molecule has 1 aromatic rings. The summed E-state index contributed by atoms with van der Waals surface area (Å²) in [5.74, 6) is 0.176. The van der Waals surface area contributed by atoms with E-state index in [0.29, 0.717) is 17.8 Å². The molecular formula is C16H21NO2. The molecule has 1 amide bonds. The molecule has 3 nitrogen and oxygen atoms in total. The van der Waals surface area contributed by atoms with E-state index >= 15 is 0 Å². The van der Waals surface area contributed by atoms with E-state index in [1.807, 2.05) is 24.3 Å². The van der Waals surface area contributed by atoms with Crippen molar-refractivity contribution in [3.63, 3.8) is 0 Å². The van der Waals surface area contributed by atoms with Crippen LogP contribution in [0.5, 0.6) is 0 Å². The van der Waals surface area contributed by atoms with Gasteiger partial charge in [-0.3, -0.25) is 4.79 Å². The summed E-state index contributed by atoms with van der Waals surface area (Å²) in [4.78, 5) is 13.9. The number of rotatable bonds is 5. The first kappa shape index (κ1) is 13.8. The molecule has 0 bridgehead atoms. The van der Waals surface area contributed by atoms with Crippen molar-refractivity contribution >= 4 is 11.6 Å². The van der Waals surface area contributed by atoms with E-state index in [4.69, 9.17) is 0 Å². The van der Waals surface area contributed by atoms with Gasteiger partial charge in [-0.05, 0) is 12.0 Å². The molecule has 1 unspecified atom stereocenters. The van der Waals surface area contributed by atoms with Gasteiger partial charge in [0.25, 0.3) is 5.91 Å². The molecule has 0 radical (unpaired) electrons. The van der Waals surface area contributed by atoms with Crippen LogP contribution in [0, 0.1) is 5.92 Å². The van der Waals surface area contributed by atoms with Gasteiger partial charge in [0, 0.05) is 16.8 Å². The standard InChI is InChI=1S/C16H21NO2/c1-4-12(5-2)15(18)10-17-11(3)13-8-6-7-9-14(13)16(17)19/h6-9,12,15,18H,3-5,10H2,1-2H3. The summed E-state index contributed by atoms with van der Waals surface area (Å²) in [6.07, 6.45) is 1.34. The molecule has 1 heterocycles. The molecule has 0 spiro atoms. The lowest BCUT2D eigenvalue weighted by Gasteiger charge is -2.26. The number of carbonyl (C=O) groups excluding carboxylic acids is 1. The average Bonchev–Trinajstić information content (AvgIpc) is 2.66. The molecule has 0 fully saturated rings. The maximum absolute atomic E-state index is 12.3. The first-order chi connectivity index (χ1) is 9.10. The third-order valence-corrected chi connectivity index (χ3v) is 4.00. The van der Waals surface area contributed by atoms with Gasteiger partial charge in [0.1, 0.15) is 0 Å². The van der Waals surface area contributed by atoms with Gasteiger partial charge in [-0.25, -0.2) is 0 Å². The highest BCUT2D eigenvalue weighted by Crippen LogP contribution is 2.32. The molecule has 3 heteroatoms. The fraction of sp³-hybridized carbons (Fsp3) is 0.438. The van der Waals surface area contributed by atoms with E-state index < -0.39 is 6.10 Å². The van der Waals surface area contributed by atoms with Crippen LogP contribution in [-0.2, 0) is 0 Å². The van der Waals surface area contributed by atoms with Gasteiger partial charge < -0.3 is 10.0 Å². The summed E-state index contributed by atoms with van der Waals surface area (Å²) >= 11 is 0. The van der Waals surface area contributed by atoms with Crippen LogP contribution in [0.25, 0.3) is 5.70 Å². The van der Waals surface area contributed by atoms with Crippen molar-refractivity contribution in [1.29, 1.82) is 0 Å². The maximum Gasteiger partial charge on any atom is 0.259 e. The van der Waals surface area contributed by atoms with E-state index in [-0.39, 0.29) is 11.8 Å². The predicted octanol–water partition coefficient (Wildman–Crippen LogP) is 2.91. The largest absolute Gasteiger partial charge is 0.391 e. The van der Waals surface area contributed by atoms with Crippen molar-refractivity contribution in [2.24, 2.45) is 5.92 Å². The Labute approximate surface area is 114 Å². The summed E-state index contributed by atoms with van der Waals surface area (Å²) in [6.45, 7) is 8.44. The van der Waals surface area contributed by atoms with Crippen molar-refractivity contribution in [1.82, 2.24) is 4.90 Å². The van der Waals surface area contributed by atoms with Crippen LogP contribution in [0.2, 0.25) is 0 Å². The summed E-state index contributed by atoms with van der Waals surface area (Å²) < 4.78 is 0. The highest BCUT2D eigenvalue weighted by molar-refractivity contribution is 6.08. The van der Waals surface area contributed by atoms with Crippen molar-refractivity contribution < 1.29 is 9.90 Å². The number of carbonyl (C=O) groups is 1. The molecule has 0 aromatic heterocycles. The number of β-amino-alcohol motifs (C(OH)–C–C–N with tert-alkyl or cyclic N) is 1. The monoisotopic (exact) mass is 259 g/mol. The number of fused-ring (bicyclic) bond motifs is 1. The number of amides is 1. The molecular weight excluding hydrogens is 238 g/mol. The van der Waals surface area contributed by atoms with E-state index in [2.05, 4.69) is 20.4 Å². The van der Waals surface area contributed by atoms with Gasteiger partial charge >= 0.3 is 0 Å². The van der Waals surface area contributed by atoms with Crippen LogP contribution in [-0.4, -0.2) is 28.6 Å². The van der Waals surface area contributed by atoms with Crippen molar-refractivity contribution in [2.75, 3.05) is 6.54 Å². The Morgan fingerprint density at radius 1 is 1.21 bits per heavy atom. The lowest BCUT2D eigenvalue weighted by molar-refractivity contribution is 0.0605. The van der Waals surface area contributed by atoms with Gasteiger partial charge in [0.15, 0.2) is 0 Å². The molecule has 1 atom stereocenters. The molecule has 0 saturated heterocycles. The Hall–Kier alpha value is -1.61. The van der Waals surface area contributed by atoms with E-state index in [9.17, 15) is 9.90 Å². The number of aliphatic hydroxyl groups excluding tert-OH is 1. The zero-order chi connectivity index (χ0) is 14.0. The van der Waals surface area contributed by atoms with E-state index in [0.717, 1.165) is 18.4 Å². The Kier molecular flexibility index (Phi) is 4.05. The Morgan fingerprint density at radius 2 is 1.79 bits per heavy atom. The Bertz CT molecular complexity index is 456. The van der Waals surface area contributed by atoms with Crippen LogP contribution in [0.3, 0.4) is 0 Å². The van der Waals surface area contributed by atoms with Crippen LogP contribution in [0.15, 0.2) is 30.8 Å². The number of aliphatic hydroxyl groups is 1. The second kappa shape index (κ2) is 5.57. The fourth-order valence-electron chi connectivity index (χ4n) is 2.70. The second-order valence-corrected chi connectivity index (χ2v) is 5.05. The molecule has 1 aromatic carbocycles. The Balaban J connectivity index is 2.16. The molecule has 19 heavy (non-hydrogen) atoms. The molecule has 102 valence electrons. The highest BCUT2D eigenvalue weighted by Gasteiger charge is 2.32. The zero-order valence-corrected chi connectivity index (χ0v) is 11.6. The molecule has 2 rings (SSSR count). The molecule has 1 N–H and O–H groups in total. The average molecular weight is 259 g/mol. The number of hydrogen-bond donors (Lipinski definition) is 1. The van der Waals surface area contributed by atoms with Gasteiger partial charge in [0.05, 0.1) is 12.6 Å². The Morgan fingerprint density at radius 3 is 2.32 bits per heavy atom. The highest BCUT2D eigenvalue weighted by atomic mass is 16.3.